The molecule has 0 aromatic heterocycles. The molecular weight excluding hydrogens is 388 g/mol. The minimum atomic E-state index is -0.717. The van der Waals surface area contributed by atoms with Crippen LogP contribution in [0.4, 0.5) is 11.4 Å². The molecule has 0 N–H and O–H groups in total. The SMILES string of the molecule is Cc1c(CC(=O)N=O)c(-c2ccc(Cl)cc2)c2c3c1N(C)CCN3C(C)C2C#N. The molecule has 0 bridgehead atoms. The lowest BCUT2D eigenvalue weighted by Crippen LogP contribution is -2.42. The molecule has 0 fully saturated rings. The van der Waals surface area contributed by atoms with Gasteiger partial charge in [-0.25, -0.2) is 0 Å². The third-order valence-corrected chi connectivity index (χ3v) is 6.44. The van der Waals surface area contributed by atoms with Gasteiger partial charge in [0, 0.05) is 41.9 Å². The van der Waals surface area contributed by atoms with Gasteiger partial charge in [-0.3, -0.25) is 4.79 Å². The van der Waals surface area contributed by atoms with Gasteiger partial charge in [0.25, 0.3) is 5.91 Å². The minimum Gasteiger partial charge on any atom is -0.371 e. The summed E-state index contributed by atoms with van der Waals surface area (Å²) >= 11 is 6.09. The van der Waals surface area contributed by atoms with Crippen molar-refractivity contribution >= 4 is 28.9 Å². The van der Waals surface area contributed by atoms with E-state index in [1.807, 2.05) is 26.1 Å². The van der Waals surface area contributed by atoms with Crippen molar-refractivity contribution in [2.45, 2.75) is 32.2 Å². The Balaban J connectivity index is 2.12. The Kier molecular flexibility index (Phi) is 4.79. The van der Waals surface area contributed by atoms with Crippen molar-refractivity contribution in [2.24, 2.45) is 5.18 Å². The lowest BCUT2D eigenvalue weighted by molar-refractivity contribution is -0.117. The maximum Gasteiger partial charge on any atom is 0.290 e. The number of nitrogens with zero attached hydrogens (tertiary/aromatic N) is 4. The van der Waals surface area contributed by atoms with Crippen LogP contribution < -0.4 is 9.80 Å². The molecule has 2 aliphatic heterocycles. The Labute approximate surface area is 174 Å². The van der Waals surface area contributed by atoms with Crippen molar-refractivity contribution in [1.82, 2.24) is 0 Å². The zero-order valence-corrected chi connectivity index (χ0v) is 17.3. The number of halogens is 1. The molecule has 2 aromatic carbocycles. The minimum absolute atomic E-state index is 0.0306. The fourth-order valence-electron chi connectivity index (χ4n) is 4.81. The summed E-state index contributed by atoms with van der Waals surface area (Å²) in [5, 5.41) is 13.3. The maximum atomic E-state index is 12.1. The van der Waals surface area contributed by atoms with Gasteiger partial charge < -0.3 is 9.80 Å². The second kappa shape index (κ2) is 7.16. The van der Waals surface area contributed by atoms with E-state index in [9.17, 15) is 15.0 Å². The lowest BCUT2D eigenvalue weighted by Gasteiger charge is -2.38. The van der Waals surface area contributed by atoms with E-state index in [1.54, 1.807) is 12.1 Å². The summed E-state index contributed by atoms with van der Waals surface area (Å²) in [5.41, 5.74) is 6.47. The first-order valence-electron chi connectivity index (χ1n) is 9.57. The molecule has 0 spiro atoms. The molecule has 2 atom stereocenters. The predicted molar refractivity (Wildman–Crippen MR) is 115 cm³/mol. The van der Waals surface area contributed by atoms with Crippen LogP contribution in [0.1, 0.15) is 29.5 Å². The summed E-state index contributed by atoms with van der Waals surface area (Å²) in [6.07, 6.45) is -0.0893. The highest BCUT2D eigenvalue weighted by Crippen LogP contribution is 2.55. The Hall–Kier alpha value is -2.91. The second-order valence-corrected chi connectivity index (χ2v) is 8.16. The third-order valence-electron chi connectivity index (χ3n) is 6.19. The zero-order chi connectivity index (χ0) is 20.9. The van der Waals surface area contributed by atoms with Gasteiger partial charge in [-0.05, 0) is 48.2 Å². The zero-order valence-electron chi connectivity index (χ0n) is 16.6. The van der Waals surface area contributed by atoms with E-state index < -0.39 is 5.91 Å². The van der Waals surface area contributed by atoms with Gasteiger partial charge in [0.15, 0.2) is 0 Å². The van der Waals surface area contributed by atoms with E-state index in [0.29, 0.717) is 5.02 Å². The van der Waals surface area contributed by atoms with Crippen LogP contribution in [0.25, 0.3) is 11.1 Å². The lowest BCUT2D eigenvalue weighted by atomic mass is 9.82. The highest BCUT2D eigenvalue weighted by Gasteiger charge is 2.44. The normalized spacial score (nSPS) is 19.7. The summed E-state index contributed by atoms with van der Waals surface area (Å²) in [4.78, 5) is 27.4. The molecule has 0 saturated carbocycles. The number of rotatable bonds is 3. The molecule has 4 rings (SSSR count). The first kappa shape index (κ1) is 19.4. The van der Waals surface area contributed by atoms with Crippen LogP contribution in [-0.4, -0.2) is 32.1 Å². The number of anilines is 2. The number of carbonyl (C=O) groups is 1. The van der Waals surface area contributed by atoms with E-state index in [4.69, 9.17) is 11.6 Å². The van der Waals surface area contributed by atoms with Crippen molar-refractivity contribution in [1.29, 1.82) is 5.26 Å². The Morgan fingerprint density at radius 2 is 1.97 bits per heavy atom. The second-order valence-electron chi connectivity index (χ2n) is 7.72. The number of hydrogen-bond donors (Lipinski definition) is 0. The van der Waals surface area contributed by atoms with Crippen LogP contribution in [0, 0.1) is 23.2 Å². The van der Waals surface area contributed by atoms with Crippen LogP contribution in [0.15, 0.2) is 29.4 Å². The number of nitroso groups, excluding NO2 is 1. The maximum absolute atomic E-state index is 12.1. The first-order valence-corrected chi connectivity index (χ1v) is 9.95. The molecule has 2 unspecified atom stereocenters. The van der Waals surface area contributed by atoms with Crippen molar-refractivity contribution in [2.75, 3.05) is 29.9 Å². The Morgan fingerprint density at radius 1 is 1.28 bits per heavy atom. The average molecular weight is 409 g/mol. The number of benzene rings is 2. The number of likely N-dealkylation sites (N-methyl/N-ethyl adjacent to an activating group) is 1. The predicted octanol–water partition coefficient (Wildman–Crippen LogP) is 4.42. The molecule has 1 amide bonds. The molecule has 0 aliphatic carbocycles. The molecule has 7 heteroatoms. The largest absolute Gasteiger partial charge is 0.371 e. The van der Waals surface area contributed by atoms with Gasteiger partial charge in [-0.1, -0.05) is 23.7 Å². The summed E-state index contributed by atoms with van der Waals surface area (Å²) in [6.45, 7) is 5.72. The molecule has 6 nitrogen and oxygen atoms in total. The van der Waals surface area contributed by atoms with E-state index in [2.05, 4.69) is 28.0 Å². The van der Waals surface area contributed by atoms with Crippen LogP contribution in [-0.2, 0) is 11.2 Å². The number of nitriles is 1. The first-order chi connectivity index (χ1) is 13.9. The topological polar surface area (TPSA) is 76.8 Å². The van der Waals surface area contributed by atoms with Gasteiger partial charge in [0.2, 0.25) is 0 Å². The molecule has 2 aliphatic rings. The fraction of sp³-hybridized carbons (Fsp3) is 0.364. The van der Waals surface area contributed by atoms with E-state index >= 15 is 0 Å². The van der Waals surface area contributed by atoms with Crippen molar-refractivity contribution in [3.8, 4) is 17.2 Å². The molecule has 2 aromatic rings. The number of hydrogen-bond acceptors (Lipinski definition) is 5. The number of amides is 1. The fourth-order valence-corrected chi connectivity index (χ4v) is 4.94. The standard InChI is InChI=1S/C22H21ClN4O2/c1-12-16(10-18(28)25-29)19(14-4-6-15(23)7-5-14)20-17(11-24)13(2)27-9-8-26(3)21(12)22(20)27/h4-7,13,17H,8-10H2,1-3H3. The van der Waals surface area contributed by atoms with Crippen LogP contribution in [0.2, 0.25) is 5.02 Å². The van der Waals surface area contributed by atoms with Crippen molar-refractivity contribution in [3.05, 3.63) is 50.9 Å². The molecule has 2 heterocycles. The summed E-state index contributed by atoms with van der Waals surface area (Å²) in [6, 6.07) is 9.91. The summed E-state index contributed by atoms with van der Waals surface area (Å²) in [5.74, 6) is -1.05. The van der Waals surface area contributed by atoms with Gasteiger partial charge in [-0.2, -0.15) is 5.26 Å². The van der Waals surface area contributed by atoms with Gasteiger partial charge >= 0.3 is 0 Å². The van der Waals surface area contributed by atoms with Crippen LogP contribution in [0.5, 0.6) is 0 Å². The summed E-state index contributed by atoms with van der Waals surface area (Å²) < 4.78 is 0. The van der Waals surface area contributed by atoms with E-state index in [0.717, 1.165) is 52.3 Å². The van der Waals surface area contributed by atoms with E-state index in [-0.39, 0.29) is 18.4 Å². The molecule has 148 valence electrons. The smallest absolute Gasteiger partial charge is 0.290 e. The highest BCUT2D eigenvalue weighted by molar-refractivity contribution is 6.30. The van der Waals surface area contributed by atoms with Gasteiger partial charge in [-0.15, -0.1) is 4.91 Å². The average Bonchev–Trinajstić information content (AvgIpc) is 2.99. The van der Waals surface area contributed by atoms with Gasteiger partial charge in [0.05, 0.1) is 29.8 Å². The van der Waals surface area contributed by atoms with Crippen molar-refractivity contribution < 1.29 is 4.79 Å². The monoisotopic (exact) mass is 408 g/mol. The molecule has 0 radical (unpaired) electrons. The van der Waals surface area contributed by atoms with Crippen LogP contribution in [0.3, 0.4) is 0 Å². The number of carbonyl (C=O) groups excluding carboxylic acids is 1. The van der Waals surface area contributed by atoms with Gasteiger partial charge in [0.1, 0.15) is 0 Å². The highest BCUT2D eigenvalue weighted by atomic mass is 35.5. The molecular formula is C22H21ClN4O2. The summed E-state index contributed by atoms with van der Waals surface area (Å²) in [7, 11) is 2.02. The Morgan fingerprint density at radius 3 is 2.59 bits per heavy atom. The quantitative estimate of drug-likeness (QED) is 0.702. The third kappa shape index (κ3) is 2.89. The van der Waals surface area contributed by atoms with Crippen LogP contribution >= 0.6 is 11.6 Å². The Bertz CT molecular complexity index is 1060. The van der Waals surface area contributed by atoms with E-state index in [1.165, 1.54) is 0 Å². The molecule has 29 heavy (non-hydrogen) atoms. The molecule has 0 saturated heterocycles. The van der Waals surface area contributed by atoms with Crippen molar-refractivity contribution in [3.63, 3.8) is 0 Å².